The summed E-state index contributed by atoms with van der Waals surface area (Å²) in [7, 11) is 0. The van der Waals surface area contributed by atoms with E-state index in [1.807, 2.05) is 41.3 Å². The van der Waals surface area contributed by atoms with E-state index in [2.05, 4.69) is 44.3 Å². The summed E-state index contributed by atoms with van der Waals surface area (Å²) in [6.45, 7) is 6.70. The van der Waals surface area contributed by atoms with Crippen molar-refractivity contribution in [1.29, 1.82) is 0 Å². The van der Waals surface area contributed by atoms with Gasteiger partial charge in [0.25, 0.3) is 5.91 Å². The van der Waals surface area contributed by atoms with Gasteiger partial charge < -0.3 is 14.6 Å². The molecule has 1 saturated heterocycles. The van der Waals surface area contributed by atoms with Gasteiger partial charge in [-0.25, -0.2) is 0 Å². The summed E-state index contributed by atoms with van der Waals surface area (Å²) >= 11 is 1.60. The number of furan rings is 1. The molecule has 2 unspecified atom stereocenters. The number of carbonyl (C=O) groups excluding carboxylic acids is 2. The minimum atomic E-state index is -0.0933. The van der Waals surface area contributed by atoms with Crippen LogP contribution in [0, 0.1) is 13.8 Å². The van der Waals surface area contributed by atoms with Crippen molar-refractivity contribution < 1.29 is 14.0 Å². The lowest BCUT2D eigenvalue weighted by atomic mass is 9.99. The highest BCUT2D eigenvalue weighted by Gasteiger charge is 2.33. The summed E-state index contributed by atoms with van der Waals surface area (Å²) in [5.41, 5.74) is 5.21. The number of amides is 2. The Labute approximate surface area is 193 Å². The normalized spacial score (nSPS) is 16.9. The molecule has 2 atom stereocenters. The zero-order valence-corrected chi connectivity index (χ0v) is 19.4. The smallest absolute Gasteiger partial charge is 0.251 e. The van der Waals surface area contributed by atoms with Crippen LogP contribution in [0.2, 0.25) is 0 Å². The quantitative estimate of drug-likeness (QED) is 0.515. The van der Waals surface area contributed by atoms with Crippen LogP contribution in [0.5, 0.6) is 0 Å². The van der Waals surface area contributed by atoms with Gasteiger partial charge in [-0.05, 0) is 66.8 Å². The minimum Gasteiger partial charge on any atom is -0.467 e. The fourth-order valence-electron chi connectivity index (χ4n) is 3.91. The Kier molecular flexibility index (Phi) is 6.70. The largest absolute Gasteiger partial charge is 0.467 e. The Morgan fingerprint density at radius 3 is 2.59 bits per heavy atom. The maximum absolute atomic E-state index is 12.9. The van der Waals surface area contributed by atoms with E-state index < -0.39 is 0 Å². The van der Waals surface area contributed by atoms with Gasteiger partial charge in [-0.3, -0.25) is 9.59 Å². The highest BCUT2D eigenvalue weighted by Crippen LogP contribution is 2.39. The van der Waals surface area contributed by atoms with Gasteiger partial charge in [0.2, 0.25) is 5.91 Å². The molecule has 1 N–H and O–H groups in total. The average Bonchev–Trinajstić information content (AvgIpc) is 3.44. The number of carbonyl (C=O) groups is 2. The van der Waals surface area contributed by atoms with Gasteiger partial charge in [-0.1, -0.05) is 37.3 Å². The third-order valence-corrected chi connectivity index (χ3v) is 7.24. The van der Waals surface area contributed by atoms with E-state index in [1.54, 1.807) is 18.0 Å². The number of aryl methyl sites for hydroxylation is 2. The number of nitrogens with one attached hydrogen (secondary N) is 1. The molecule has 166 valence electrons. The SMILES string of the molecule is CCC(NC(=O)c1ccc(C2SCC(=O)N2Cc2ccco2)cc1)c1ccc(C)c(C)c1. The van der Waals surface area contributed by atoms with Crippen LogP contribution in [0.25, 0.3) is 0 Å². The molecule has 5 nitrogen and oxygen atoms in total. The molecule has 0 saturated carbocycles. The molecule has 4 rings (SSSR count). The number of hydrogen-bond acceptors (Lipinski definition) is 4. The first-order chi connectivity index (χ1) is 15.5. The lowest BCUT2D eigenvalue weighted by molar-refractivity contribution is -0.128. The van der Waals surface area contributed by atoms with Crippen molar-refractivity contribution in [1.82, 2.24) is 10.2 Å². The molecule has 1 aromatic heterocycles. The second-order valence-electron chi connectivity index (χ2n) is 8.16. The summed E-state index contributed by atoms with van der Waals surface area (Å²) < 4.78 is 5.42. The van der Waals surface area contributed by atoms with Crippen molar-refractivity contribution in [2.24, 2.45) is 0 Å². The van der Waals surface area contributed by atoms with Crippen molar-refractivity contribution in [3.8, 4) is 0 Å². The Balaban J connectivity index is 1.46. The third kappa shape index (κ3) is 4.75. The monoisotopic (exact) mass is 448 g/mol. The number of hydrogen-bond donors (Lipinski definition) is 1. The van der Waals surface area contributed by atoms with E-state index in [1.165, 1.54) is 11.1 Å². The van der Waals surface area contributed by atoms with Gasteiger partial charge in [0.1, 0.15) is 11.1 Å². The molecule has 32 heavy (non-hydrogen) atoms. The second-order valence-corrected chi connectivity index (χ2v) is 9.23. The number of thioether (sulfide) groups is 1. The third-order valence-electron chi connectivity index (χ3n) is 5.98. The van der Waals surface area contributed by atoms with Gasteiger partial charge in [-0.2, -0.15) is 0 Å². The van der Waals surface area contributed by atoms with E-state index in [-0.39, 0.29) is 23.2 Å². The van der Waals surface area contributed by atoms with Crippen LogP contribution in [0.4, 0.5) is 0 Å². The van der Waals surface area contributed by atoms with Crippen LogP contribution >= 0.6 is 11.8 Å². The summed E-state index contributed by atoms with van der Waals surface area (Å²) in [6.07, 6.45) is 2.43. The van der Waals surface area contributed by atoms with Gasteiger partial charge >= 0.3 is 0 Å². The fourth-order valence-corrected chi connectivity index (χ4v) is 5.10. The summed E-state index contributed by atoms with van der Waals surface area (Å²) in [6, 6.07) is 17.6. The molecule has 0 bridgehead atoms. The minimum absolute atomic E-state index is 0.0340. The van der Waals surface area contributed by atoms with Crippen LogP contribution in [0.1, 0.15) is 63.1 Å². The Hall–Kier alpha value is -2.99. The first-order valence-electron chi connectivity index (χ1n) is 10.9. The van der Waals surface area contributed by atoms with E-state index in [0.717, 1.165) is 23.3 Å². The lowest BCUT2D eigenvalue weighted by Gasteiger charge is -2.23. The van der Waals surface area contributed by atoms with Gasteiger partial charge in [0.15, 0.2) is 0 Å². The maximum Gasteiger partial charge on any atom is 0.251 e. The predicted octanol–water partition coefficient (Wildman–Crippen LogP) is 5.55. The molecular weight excluding hydrogens is 420 g/mol. The number of benzene rings is 2. The molecule has 1 fully saturated rings. The molecule has 3 aromatic rings. The van der Waals surface area contributed by atoms with Crippen LogP contribution in [0.15, 0.2) is 65.3 Å². The fraction of sp³-hybridized carbons (Fsp3) is 0.308. The van der Waals surface area contributed by atoms with Crippen molar-refractivity contribution in [3.05, 3.63) is 94.4 Å². The van der Waals surface area contributed by atoms with E-state index in [4.69, 9.17) is 4.42 Å². The molecule has 0 spiro atoms. The topological polar surface area (TPSA) is 62.6 Å². The molecule has 0 radical (unpaired) electrons. The van der Waals surface area contributed by atoms with Gasteiger partial charge in [-0.15, -0.1) is 11.8 Å². The van der Waals surface area contributed by atoms with E-state index in [0.29, 0.717) is 17.9 Å². The molecule has 1 aliphatic rings. The number of nitrogens with zero attached hydrogens (tertiary/aromatic N) is 1. The Morgan fingerprint density at radius 2 is 1.94 bits per heavy atom. The lowest BCUT2D eigenvalue weighted by Crippen LogP contribution is -2.29. The van der Waals surface area contributed by atoms with Crippen molar-refractivity contribution in [2.75, 3.05) is 5.75 Å². The van der Waals surface area contributed by atoms with Crippen molar-refractivity contribution in [3.63, 3.8) is 0 Å². The molecule has 2 heterocycles. The molecular formula is C26H28N2O3S. The van der Waals surface area contributed by atoms with Crippen molar-refractivity contribution >= 4 is 23.6 Å². The standard InChI is InChI=1S/C26H28N2O3S/c1-4-23(21-8-7-17(2)18(3)14-21)27-25(30)19-9-11-20(12-10-19)26-28(24(29)16-32-26)15-22-6-5-13-31-22/h5-14,23,26H,4,15-16H2,1-3H3,(H,27,30). The summed E-state index contributed by atoms with van der Waals surface area (Å²) in [4.78, 5) is 27.1. The zero-order chi connectivity index (χ0) is 22.7. The van der Waals surface area contributed by atoms with Crippen LogP contribution in [-0.2, 0) is 11.3 Å². The zero-order valence-electron chi connectivity index (χ0n) is 18.6. The van der Waals surface area contributed by atoms with Gasteiger partial charge in [0.05, 0.1) is 24.6 Å². The molecule has 0 aliphatic carbocycles. The van der Waals surface area contributed by atoms with Crippen LogP contribution in [0.3, 0.4) is 0 Å². The molecule has 2 aromatic carbocycles. The molecule has 2 amide bonds. The summed E-state index contributed by atoms with van der Waals surface area (Å²) in [5, 5.41) is 3.08. The Morgan fingerprint density at radius 1 is 1.16 bits per heavy atom. The highest BCUT2D eigenvalue weighted by molar-refractivity contribution is 8.00. The van der Waals surface area contributed by atoms with Crippen LogP contribution < -0.4 is 5.32 Å². The van der Waals surface area contributed by atoms with E-state index in [9.17, 15) is 9.59 Å². The van der Waals surface area contributed by atoms with Crippen molar-refractivity contribution in [2.45, 2.75) is 45.2 Å². The second kappa shape index (κ2) is 9.65. The first-order valence-corrected chi connectivity index (χ1v) is 11.9. The van der Waals surface area contributed by atoms with Crippen LogP contribution in [-0.4, -0.2) is 22.5 Å². The van der Waals surface area contributed by atoms with Gasteiger partial charge in [0, 0.05) is 5.56 Å². The Bertz CT molecular complexity index is 1090. The predicted molar refractivity (Wildman–Crippen MR) is 127 cm³/mol. The maximum atomic E-state index is 12.9. The highest BCUT2D eigenvalue weighted by atomic mass is 32.2. The molecule has 1 aliphatic heterocycles. The summed E-state index contributed by atoms with van der Waals surface area (Å²) in [5.74, 6) is 1.21. The molecule has 6 heteroatoms. The number of rotatable bonds is 7. The van der Waals surface area contributed by atoms with E-state index >= 15 is 0 Å². The average molecular weight is 449 g/mol. The first kappa shape index (κ1) is 22.2.